The van der Waals surface area contributed by atoms with Crippen LogP contribution in [0.15, 0.2) is 30.3 Å². The van der Waals surface area contributed by atoms with E-state index in [0.29, 0.717) is 12.4 Å². The highest BCUT2D eigenvalue weighted by Gasteiger charge is 2.39. The van der Waals surface area contributed by atoms with Crippen LogP contribution in [0.3, 0.4) is 0 Å². The quantitative estimate of drug-likeness (QED) is 0.801. The van der Waals surface area contributed by atoms with Gasteiger partial charge in [-0.1, -0.05) is 30.3 Å². The van der Waals surface area contributed by atoms with Crippen LogP contribution in [0.2, 0.25) is 0 Å². The van der Waals surface area contributed by atoms with E-state index in [1.165, 1.54) is 11.8 Å². The number of nitrogens with one attached hydrogen (secondary N) is 1. The van der Waals surface area contributed by atoms with E-state index >= 15 is 0 Å². The zero-order valence-electron chi connectivity index (χ0n) is 11.1. The lowest BCUT2D eigenvalue weighted by Gasteiger charge is -2.22. The molecule has 2 unspecified atom stereocenters. The van der Waals surface area contributed by atoms with Gasteiger partial charge in [-0.05, 0) is 12.5 Å². The molecule has 6 heteroatoms. The molecule has 5 nitrogen and oxygen atoms in total. The smallest absolute Gasteiger partial charge is 0.321 e. The molecule has 1 saturated heterocycles. The van der Waals surface area contributed by atoms with Crippen LogP contribution in [0, 0.1) is 0 Å². The summed E-state index contributed by atoms with van der Waals surface area (Å²) in [5.41, 5.74) is 0.835. The zero-order chi connectivity index (χ0) is 14.5. The van der Waals surface area contributed by atoms with E-state index in [1.54, 1.807) is 6.92 Å². The molecule has 0 aliphatic carbocycles. The summed E-state index contributed by atoms with van der Waals surface area (Å²) in [6, 6.07) is 8.69. The molecule has 1 aliphatic heterocycles. The maximum atomic E-state index is 12.2. The molecule has 1 aromatic carbocycles. The second-order valence-electron chi connectivity index (χ2n) is 4.45. The second-order valence-corrected chi connectivity index (χ2v) is 5.63. The first-order chi connectivity index (χ1) is 9.63. The summed E-state index contributed by atoms with van der Waals surface area (Å²) in [6.07, 6.45) is 0. The standard InChI is InChI=1S/C14H17NO4S/c1-2-19-14(18)11(9-6-4-3-5-7-9)12-15-10(8-20-12)13(16)17/h3-7,10-12,15H,2,8H2,1H3,(H,16,17)/t10-,11?,12?/m0/s1. The Morgan fingerprint density at radius 3 is 2.70 bits per heavy atom. The van der Waals surface area contributed by atoms with Gasteiger partial charge in [-0.2, -0.15) is 0 Å². The van der Waals surface area contributed by atoms with Gasteiger partial charge >= 0.3 is 11.9 Å². The van der Waals surface area contributed by atoms with Crippen molar-refractivity contribution >= 4 is 23.7 Å². The Hall–Kier alpha value is -1.53. The fraction of sp³-hybridized carbons (Fsp3) is 0.429. The molecule has 0 aromatic heterocycles. The molecular weight excluding hydrogens is 278 g/mol. The molecule has 2 rings (SSSR count). The van der Waals surface area contributed by atoms with Crippen LogP contribution in [-0.2, 0) is 14.3 Å². The normalized spacial score (nSPS) is 23.2. The molecule has 3 atom stereocenters. The van der Waals surface area contributed by atoms with Gasteiger partial charge in [0, 0.05) is 5.75 Å². The molecule has 20 heavy (non-hydrogen) atoms. The molecule has 0 amide bonds. The van der Waals surface area contributed by atoms with Crippen molar-refractivity contribution in [1.29, 1.82) is 0 Å². The van der Waals surface area contributed by atoms with E-state index in [-0.39, 0.29) is 11.3 Å². The number of hydrogen-bond donors (Lipinski definition) is 2. The number of aliphatic carboxylic acids is 1. The first kappa shape index (κ1) is 14.9. The summed E-state index contributed by atoms with van der Waals surface area (Å²) in [4.78, 5) is 23.2. The Kier molecular flexibility index (Phi) is 5.03. The fourth-order valence-electron chi connectivity index (χ4n) is 2.16. The summed E-state index contributed by atoms with van der Waals surface area (Å²) in [5.74, 6) is -1.26. The molecule has 0 spiro atoms. The van der Waals surface area contributed by atoms with Crippen LogP contribution in [0.1, 0.15) is 18.4 Å². The second kappa shape index (κ2) is 6.76. The molecule has 1 heterocycles. The maximum absolute atomic E-state index is 12.2. The van der Waals surface area contributed by atoms with Crippen LogP contribution < -0.4 is 5.32 Å². The minimum Gasteiger partial charge on any atom is -0.480 e. The predicted octanol–water partition coefficient (Wildman–Crippen LogP) is 1.45. The van der Waals surface area contributed by atoms with Crippen molar-refractivity contribution < 1.29 is 19.4 Å². The summed E-state index contributed by atoms with van der Waals surface area (Å²) in [5, 5.41) is 11.7. The average molecular weight is 295 g/mol. The lowest BCUT2D eigenvalue weighted by Crippen LogP contribution is -2.41. The SMILES string of the molecule is CCOC(=O)C(c1ccccc1)C1N[C@H](C(=O)O)CS1. The van der Waals surface area contributed by atoms with Crippen molar-refractivity contribution in [1.82, 2.24) is 5.32 Å². The van der Waals surface area contributed by atoms with E-state index in [9.17, 15) is 9.59 Å². The Morgan fingerprint density at radius 2 is 2.15 bits per heavy atom. The molecule has 1 fully saturated rings. The van der Waals surface area contributed by atoms with Crippen LogP contribution in [0.25, 0.3) is 0 Å². The monoisotopic (exact) mass is 295 g/mol. The van der Waals surface area contributed by atoms with Crippen molar-refractivity contribution in [2.24, 2.45) is 0 Å². The van der Waals surface area contributed by atoms with Gasteiger partial charge in [0.05, 0.1) is 12.0 Å². The van der Waals surface area contributed by atoms with Gasteiger partial charge in [0.15, 0.2) is 0 Å². The molecule has 1 aromatic rings. The molecule has 0 radical (unpaired) electrons. The van der Waals surface area contributed by atoms with Crippen molar-refractivity contribution in [3.8, 4) is 0 Å². The number of carboxylic acid groups (broad SMARTS) is 1. The van der Waals surface area contributed by atoms with E-state index in [0.717, 1.165) is 5.56 Å². The van der Waals surface area contributed by atoms with Gasteiger partial charge in [-0.15, -0.1) is 11.8 Å². The van der Waals surface area contributed by atoms with E-state index in [4.69, 9.17) is 9.84 Å². The summed E-state index contributed by atoms with van der Waals surface area (Å²) >= 11 is 1.44. The van der Waals surface area contributed by atoms with Crippen molar-refractivity contribution in [3.05, 3.63) is 35.9 Å². The number of thioether (sulfide) groups is 1. The number of carbonyl (C=O) groups is 2. The zero-order valence-corrected chi connectivity index (χ0v) is 11.9. The van der Waals surface area contributed by atoms with Crippen molar-refractivity contribution in [2.75, 3.05) is 12.4 Å². The van der Waals surface area contributed by atoms with Crippen molar-refractivity contribution in [2.45, 2.75) is 24.3 Å². The Labute approximate surface area is 121 Å². The van der Waals surface area contributed by atoms with Crippen LogP contribution >= 0.6 is 11.8 Å². The number of carbonyl (C=O) groups excluding carboxylic acids is 1. The predicted molar refractivity (Wildman–Crippen MR) is 76.6 cm³/mol. The number of benzene rings is 1. The van der Waals surface area contributed by atoms with E-state index in [1.807, 2.05) is 30.3 Å². The Balaban J connectivity index is 2.20. The topological polar surface area (TPSA) is 75.6 Å². The number of ether oxygens (including phenoxy) is 1. The summed E-state index contributed by atoms with van der Waals surface area (Å²) in [6.45, 7) is 2.07. The third-order valence-electron chi connectivity index (χ3n) is 3.11. The Morgan fingerprint density at radius 1 is 1.45 bits per heavy atom. The largest absolute Gasteiger partial charge is 0.480 e. The highest BCUT2D eigenvalue weighted by molar-refractivity contribution is 8.00. The number of hydrogen-bond acceptors (Lipinski definition) is 5. The van der Waals surface area contributed by atoms with Crippen LogP contribution in [0.5, 0.6) is 0 Å². The van der Waals surface area contributed by atoms with Crippen LogP contribution in [0.4, 0.5) is 0 Å². The molecule has 0 saturated carbocycles. The van der Waals surface area contributed by atoms with Gasteiger partial charge in [0.2, 0.25) is 0 Å². The number of carboxylic acids is 1. The van der Waals surface area contributed by atoms with Gasteiger partial charge in [0.1, 0.15) is 12.0 Å². The first-order valence-electron chi connectivity index (χ1n) is 6.45. The average Bonchev–Trinajstić information content (AvgIpc) is 2.90. The third kappa shape index (κ3) is 3.32. The lowest BCUT2D eigenvalue weighted by molar-refractivity contribution is -0.145. The minimum absolute atomic E-state index is 0.280. The number of rotatable bonds is 5. The van der Waals surface area contributed by atoms with Crippen molar-refractivity contribution in [3.63, 3.8) is 0 Å². The highest BCUT2D eigenvalue weighted by atomic mass is 32.2. The molecule has 0 bridgehead atoms. The van der Waals surface area contributed by atoms with Gasteiger partial charge in [0.25, 0.3) is 0 Å². The van der Waals surface area contributed by atoms with Gasteiger partial charge in [-0.3, -0.25) is 14.9 Å². The molecule has 108 valence electrons. The Bertz CT molecular complexity index is 479. The van der Waals surface area contributed by atoms with Gasteiger partial charge in [-0.25, -0.2) is 0 Å². The van der Waals surface area contributed by atoms with Crippen LogP contribution in [-0.4, -0.2) is 40.8 Å². The number of esters is 1. The summed E-state index contributed by atoms with van der Waals surface area (Å²) < 4.78 is 5.13. The third-order valence-corrected chi connectivity index (χ3v) is 4.40. The molecule has 1 aliphatic rings. The fourth-order valence-corrected chi connectivity index (χ4v) is 3.52. The molecular formula is C14H17NO4S. The highest BCUT2D eigenvalue weighted by Crippen LogP contribution is 2.33. The minimum atomic E-state index is -0.893. The summed E-state index contributed by atoms with van der Waals surface area (Å²) in [7, 11) is 0. The van der Waals surface area contributed by atoms with Gasteiger partial charge < -0.3 is 9.84 Å². The first-order valence-corrected chi connectivity index (χ1v) is 7.50. The maximum Gasteiger partial charge on any atom is 0.321 e. The molecule has 2 N–H and O–H groups in total. The van der Waals surface area contributed by atoms with E-state index in [2.05, 4.69) is 5.32 Å². The lowest BCUT2D eigenvalue weighted by atomic mass is 9.98. The van der Waals surface area contributed by atoms with E-state index < -0.39 is 17.9 Å².